The fraction of sp³-hybridized carbons (Fsp3) is 0.280. The molecule has 0 heterocycles. The number of methoxy groups -OCH3 is 1. The fourth-order valence-electron chi connectivity index (χ4n) is 2.58. The third-order valence-corrected chi connectivity index (χ3v) is 4.31. The summed E-state index contributed by atoms with van der Waals surface area (Å²) in [4.78, 5) is 22.3. The summed E-state index contributed by atoms with van der Waals surface area (Å²) in [7, 11) is 1.41. The van der Waals surface area contributed by atoms with Crippen molar-refractivity contribution in [1.82, 2.24) is 5.32 Å². The lowest BCUT2D eigenvalue weighted by atomic mass is 10.00. The number of allylic oxidation sites excluding steroid dienone is 7. The Hall–Kier alpha value is -3.74. The quantitative estimate of drug-likeness (QED) is 0.214. The molecule has 0 atom stereocenters. The smallest absolute Gasteiger partial charge is 0.394 e. The number of aromatic hydroxyl groups is 1. The molecule has 0 aromatic heterocycles. The van der Waals surface area contributed by atoms with Crippen molar-refractivity contribution >= 4 is 18.0 Å². The number of carbonyl (C=O) groups is 2. The van der Waals surface area contributed by atoms with Gasteiger partial charge < -0.3 is 25.0 Å². The van der Waals surface area contributed by atoms with E-state index in [0.717, 1.165) is 11.1 Å². The molecule has 7 nitrogen and oxygen atoms in total. The van der Waals surface area contributed by atoms with Gasteiger partial charge in [0.25, 0.3) is 0 Å². The Balaban J connectivity index is 3.20. The van der Waals surface area contributed by atoms with Crippen molar-refractivity contribution in [3.63, 3.8) is 0 Å². The van der Waals surface area contributed by atoms with Crippen molar-refractivity contribution in [2.24, 2.45) is 0 Å². The van der Waals surface area contributed by atoms with Crippen LogP contribution in [-0.2, 0) is 20.7 Å². The number of nitrogens with one attached hydrogen (secondary N) is 1. The number of hydrogen-bond donors (Lipinski definition) is 3. The van der Waals surface area contributed by atoms with Gasteiger partial charge in [-0.2, -0.15) is 0 Å². The van der Waals surface area contributed by atoms with E-state index >= 15 is 0 Å². The summed E-state index contributed by atoms with van der Waals surface area (Å²) in [5, 5.41) is 21.2. The van der Waals surface area contributed by atoms with Crippen LogP contribution in [0.4, 0.5) is 0 Å². The summed E-state index contributed by atoms with van der Waals surface area (Å²) in [5.41, 5.74) is 3.66. The molecule has 0 bridgehead atoms. The first-order valence-electron chi connectivity index (χ1n) is 10.0. The third-order valence-electron chi connectivity index (χ3n) is 4.31. The van der Waals surface area contributed by atoms with Gasteiger partial charge in [-0.05, 0) is 57.4 Å². The second-order valence-corrected chi connectivity index (χ2v) is 7.11. The monoisotopic (exact) mass is 441 g/mol. The number of aliphatic carboxylic acids is 1. The largest absolute Gasteiger partial charge is 0.508 e. The fourth-order valence-corrected chi connectivity index (χ4v) is 2.58. The van der Waals surface area contributed by atoms with E-state index in [-0.39, 0.29) is 11.4 Å². The van der Waals surface area contributed by atoms with Gasteiger partial charge in [0, 0.05) is 11.6 Å². The van der Waals surface area contributed by atoms with Crippen LogP contribution in [0.2, 0.25) is 0 Å². The van der Waals surface area contributed by atoms with Crippen LogP contribution in [0.5, 0.6) is 11.5 Å². The molecule has 0 spiro atoms. The molecule has 1 amide bonds. The zero-order valence-electron chi connectivity index (χ0n) is 19.2. The van der Waals surface area contributed by atoms with Crippen molar-refractivity contribution in [3.05, 3.63) is 76.7 Å². The van der Waals surface area contributed by atoms with Crippen molar-refractivity contribution in [1.29, 1.82) is 0 Å². The maximum atomic E-state index is 11.5. The first-order chi connectivity index (χ1) is 15.1. The van der Waals surface area contributed by atoms with Crippen molar-refractivity contribution in [2.75, 3.05) is 13.7 Å². The van der Waals surface area contributed by atoms with Gasteiger partial charge >= 0.3 is 11.9 Å². The molecular formula is C25H31NO6. The van der Waals surface area contributed by atoms with Crippen LogP contribution < -0.4 is 10.1 Å². The van der Waals surface area contributed by atoms with Crippen LogP contribution >= 0.6 is 0 Å². The second kappa shape index (κ2) is 12.8. The maximum Gasteiger partial charge on any atom is 0.394 e. The highest BCUT2D eigenvalue weighted by Crippen LogP contribution is 2.30. The van der Waals surface area contributed by atoms with Gasteiger partial charge in [-0.3, -0.25) is 4.79 Å². The Morgan fingerprint density at radius 2 is 1.84 bits per heavy atom. The van der Waals surface area contributed by atoms with Gasteiger partial charge in [0.15, 0.2) is 0 Å². The number of ether oxygens (including phenoxy) is 2. The lowest BCUT2D eigenvalue weighted by molar-refractivity contribution is -0.149. The van der Waals surface area contributed by atoms with E-state index in [4.69, 9.17) is 14.6 Å². The Morgan fingerprint density at radius 3 is 2.41 bits per heavy atom. The van der Waals surface area contributed by atoms with Gasteiger partial charge in [-0.25, -0.2) is 4.79 Å². The second-order valence-electron chi connectivity index (χ2n) is 7.11. The van der Waals surface area contributed by atoms with Crippen LogP contribution in [0.1, 0.15) is 38.8 Å². The standard InChI is InChI=1S/C25H31NO6/c1-7-32-23-15-20(27)14-19(21(23)12-8-16(2)3)11-9-17(4)10-13-22(18(5)31-6)26-24(28)25(29)30/h8-11,13-15,27H,4,7,12H2,1-3,5-6H3,(H,26,28)(H,29,30)/b11-9+,13-10-,22-18-. The highest BCUT2D eigenvalue weighted by Gasteiger charge is 2.13. The molecule has 172 valence electrons. The maximum absolute atomic E-state index is 11.5. The zero-order valence-corrected chi connectivity index (χ0v) is 19.2. The van der Waals surface area contributed by atoms with E-state index < -0.39 is 11.9 Å². The van der Waals surface area contributed by atoms with Crippen LogP contribution in [0, 0.1) is 0 Å². The average Bonchev–Trinajstić information content (AvgIpc) is 2.73. The molecule has 0 aliphatic rings. The molecule has 32 heavy (non-hydrogen) atoms. The number of amides is 1. The predicted molar refractivity (Wildman–Crippen MR) is 125 cm³/mol. The minimum atomic E-state index is -1.60. The van der Waals surface area contributed by atoms with Crippen LogP contribution in [-0.4, -0.2) is 35.8 Å². The Kier molecular flexibility index (Phi) is 10.6. The lowest BCUT2D eigenvalue weighted by Crippen LogP contribution is -2.30. The van der Waals surface area contributed by atoms with Crippen LogP contribution in [0.3, 0.4) is 0 Å². The molecule has 1 aromatic carbocycles. The first kappa shape index (κ1) is 26.3. The Bertz CT molecular complexity index is 978. The minimum Gasteiger partial charge on any atom is -0.508 e. The topological polar surface area (TPSA) is 105 Å². The van der Waals surface area contributed by atoms with E-state index in [9.17, 15) is 14.7 Å². The molecule has 0 unspecified atom stereocenters. The molecule has 0 saturated carbocycles. The average molecular weight is 442 g/mol. The number of phenolic OH excluding ortho intramolecular Hbond substituents is 1. The van der Waals surface area contributed by atoms with Gasteiger partial charge in [-0.1, -0.05) is 36.5 Å². The molecule has 0 fully saturated rings. The molecule has 7 heteroatoms. The Labute approximate surface area is 189 Å². The summed E-state index contributed by atoms with van der Waals surface area (Å²) in [6.07, 6.45) is 9.39. The minimum absolute atomic E-state index is 0.0903. The van der Waals surface area contributed by atoms with Crippen molar-refractivity contribution in [2.45, 2.75) is 34.1 Å². The number of carboxylic acids is 1. The number of benzene rings is 1. The molecule has 0 radical (unpaired) electrons. The third kappa shape index (κ3) is 8.55. The predicted octanol–water partition coefficient (Wildman–Crippen LogP) is 4.50. The van der Waals surface area contributed by atoms with Gasteiger partial charge in [0.2, 0.25) is 0 Å². The summed E-state index contributed by atoms with van der Waals surface area (Å²) in [6.45, 7) is 11.9. The molecule has 3 N–H and O–H groups in total. The van der Waals surface area contributed by atoms with Gasteiger partial charge in [0.1, 0.15) is 17.3 Å². The molecule has 0 saturated heterocycles. The van der Waals surface area contributed by atoms with Gasteiger partial charge in [-0.15, -0.1) is 0 Å². The molecular weight excluding hydrogens is 410 g/mol. The van der Waals surface area contributed by atoms with E-state index in [2.05, 4.69) is 18.0 Å². The summed E-state index contributed by atoms with van der Waals surface area (Å²) >= 11 is 0. The van der Waals surface area contributed by atoms with Crippen molar-refractivity contribution < 1.29 is 29.3 Å². The van der Waals surface area contributed by atoms with Crippen molar-refractivity contribution in [3.8, 4) is 11.5 Å². The number of carbonyl (C=O) groups excluding carboxylic acids is 1. The molecule has 0 aliphatic carbocycles. The molecule has 1 rings (SSSR count). The summed E-state index contributed by atoms with van der Waals surface area (Å²) in [5.74, 6) is -1.73. The Morgan fingerprint density at radius 1 is 1.16 bits per heavy atom. The first-order valence-corrected chi connectivity index (χ1v) is 10.0. The SMILES string of the molecule is C=C(/C=C\C(NC(=O)C(=O)O)=C(/C)OC)/C=C/c1cc(O)cc(OCC)c1CC=C(C)C. The van der Waals surface area contributed by atoms with E-state index in [1.807, 2.05) is 26.8 Å². The number of phenols is 1. The highest BCUT2D eigenvalue weighted by atomic mass is 16.5. The highest BCUT2D eigenvalue weighted by molar-refractivity contribution is 6.32. The van der Waals surface area contributed by atoms with Gasteiger partial charge in [0.05, 0.1) is 19.4 Å². The number of carboxylic acid groups (broad SMARTS) is 1. The van der Waals surface area contributed by atoms with E-state index in [1.54, 1.807) is 31.2 Å². The van der Waals surface area contributed by atoms with Crippen LogP contribution in [0.25, 0.3) is 6.08 Å². The number of hydrogen-bond acceptors (Lipinski definition) is 5. The van der Waals surface area contributed by atoms with E-state index in [1.165, 1.54) is 18.8 Å². The summed E-state index contributed by atoms with van der Waals surface area (Å²) < 4.78 is 10.8. The lowest BCUT2D eigenvalue weighted by Gasteiger charge is -2.13. The molecule has 1 aromatic rings. The van der Waals surface area contributed by atoms with Crippen LogP contribution in [0.15, 0.2) is 65.6 Å². The van der Waals surface area contributed by atoms with E-state index in [0.29, 0.717) is 30.1 Å². The molecule has 0 aliphatic heterocycles. The zero-order chi connectivity index (χ0) is 24.3. The number of rotatable bonds is 10. The normalized spacial score (nSPS) is 11.8. The summed E-state index contributed by atoms with van der Waals surface area (Å²) in [6, 6.07) is 3.25.